The van der Waals surface area contributed by atoms with E-state index in [0.717, 1.165) is 31.6 Å². The van der Waals surface area contributed by atoms with E-state index in [4.69, 9.17) is 4.74 Å². The fraction of sp³-hybridized carbons (Fsp3) is 0.600. The van der Waals surface area contributed by atoms with Crippen LogP contribution in [0.3, 0.4) is 0 Å². The van der Waals surface area contributed by atoms with Crippen molar-refractivity contribution in [1.29, 1.82) is 0 Å². The van der Waals surface area contributed by atoms with E-state index in [1.54, 1.807) is 4.90 Å². The first-order chi connectivity index (χ1) is 12.5. The zero-order valence-electron chi connectivity index (χ0n) is 16.2. The number of amides is 2. The molecule has 1 unspecified atom stereocenters. The lowest BCUT2D eigenvalue weighted by molar-refractivity contribution is -0.130. The third kappa shape index (κ3) is 4.97. The minimum Gasteiger partial charge on any atom is -0.445 e. The van der Waals surface area contributed by atoms with Gasteiger partial charge in [-0.3, -0.25) is 9.69 Å². The topological polar surface area (TPSA) is 61.9 Å². The summed E-state index contributed by atoms with van der Waals surface area (Å²) in [7, 11) is 0. The summed E-state index contributed by atoms with van der Waals surface area (Å²) in [5, 5.41) is 2.99. The van der Waals surface area contributed by atoms with Gasteiger partial charge in [0.25, 0.3) is 0 Å². The van der Waals surface area contributed by atoms with Crippen LogP contribution in [0.15, 0.2) is 30.3 Å². The Labute approximate surface area is 156 Å². The average Bonchev–Trinajstić information content (AvgIpc) is 3.07. The van der Waals surface area contributed by atoms with E-state index in [0.29, 0.717) is 19.5 Å². The molecule has 1 aliphatic heterocycles. The quantitative estimate of drug-likeness (QED) is 0.773. The highest BCUT2D eigenvalue weighted by Gasteiger charge is 2.46. The summed E-state index contributed by atoms with van der Waals surface area (Å²) in [5.74, 6) is -0.0983. The Morgan fingerprint density at radius 2 is 1.92 bits per heavy atom. The molecule has 1 heterocycles. The van der Waals surface area contributed by atoms with Crippen LogP contribution in [0.5, 0.6) is 0 Å². The summed E-state index contributed by atoms with van der Waals surface area (Å²) in [6.07, 6.45) is 1.04. The summed E-state index contributed by atoms with van der Waals surface area (Å²) >= 11 is 0. The Hall–Kier alpha value is -2.08. The second kappa shape index (κ2) is 9.57. The lowest BCUT2D eigenvalue weighted by Crippen LogP contribution is -2.56. The summed E-state index contributed by atoms with van der Waals surface area (Å²) in [6.45, 7) is 10.1. The Morgan fingerprint density at radius 1 is 1.23 bits per heavy atom. The Bertz CT molecular complexity index is 589. The van der Waals surface area contributed by atoms with E-state index < -0.39 is 11.6 Å². The normalized spacial score (nSPS) is 19.6. The van der Waals surface area contributed by atoms with Gasteiger partial charge < -0.3 is 15.0 Å². The molecule has 1 N–H and O–H groups in total. The van der Waals surface area contributed by atoms with Crippen LogP contribution in [0.4, 0.5) is 4.79 Å². The van der Waals surface area contributed by atoms with Crippen molar-refractivity contribution in [2.24, 2.45) is 0 Å². The fourth-order valence-corrected chi connectivity index (χ4v) is 3.35. The molecular formula is C20H31N3O3. The maximum atomic E-state index is 12.7. The van der Waals surface area contributed by atoms with E-state index in [1.807, 2.05) is 37.3 Å². The van der Waals surface area contributed by atoms with Crippen molar-refractivity contribution in [1.82, 2.24) is 15.1 Å². The van der Waals surface area contributed by atoms with Gasteiger partial charge in [0.15, 0.2) is 0 Å². The van der Waals surface area contributed by atoms with Crippen molar-refractivity contribution in [3.8, 4) is 0 Å². The smallest absolute Gasteiger partial charge is 0.410 e. The second-order valence-electron chi connectivity index (χ2n) is 6.85. The monoisotopic (exact) mass is 361 g/mol. The van der Waals surface area contributed by atoms with Crippen molar-refractivity contribution < 1.29 is 14.3 Å². The molecule has 2 rings (SSSR count). The second-order valence-corrected chi connectivity index (χ2v) is 6.85. The van der Waals surface area contributed by atoms with Gasteiger partial charge in [0.05, 0.1) is 0 Å². The van der Waals surface area contributed by atoms with E-state index in [-0.39, 0.29) is 12.5 Å². The van der Waals surface area contributed by atoms with Crippen LogP contribution >= 0.6 is 0 Å². The zero-order valence-corrected chi connectivity index (χ0v) is 16.2. The number of likely N-dealkylation sites (tertiary alicyclic amines) is 1. The van der Waals surface area contributed by atoms with Crippen molar-refractivity contribution in [3.05, 3.63) is 35.9 Å². The highest BCUT2D eigenvalue weighted by molar-refractivity contribution is 5.90. The Kier molecular flexibility index (Phi) is 7.45. The molecule has 1 saturated heterocycles. The van der Waals surface area contributed by atoms with Crippen LogP contribution in [-0.4, -0.2) is 60.1 Å². The molecule has 144 valence electrons. The van der Waals surface area contributed by atoms with Gasteiger partial charge in [0, 0.05) is 19.6 Å². The molecule has 0 bridgehead atoms. The van der Waals surface area contributed by atoms with E-state index >= 15 is 0 Å². The lowest BCUT2D eigenvalue weighted by Gasteiger charge is -2.33. The van der Waals surface area contributed by atoms with Crippen molar-refractivity contribution in [2.45, 2.75) is 45.8 Å². The molecule has 1 aromatic rings. The van der Waals surface area contributed by atoms with Gasteiger partial charge in [-0.15, -0.1) is 0 Å². The fourth-order valence-electron chi connectivity index (χ4n) is 3.35. The van der Waals surface area contributed by atoms with Crippen molar-refractivity contribution in [3.63, 3.8) is 0 Å². The molecule has 0 aliphatic carbocycles. The van der Waals surface area contributed by atoms with Gasteiger partial charge in [-0.25, -0.2) is 4.79 Å². The summed E-state index contributed by atoms with van der Waals surface area (Å²) in [5.41, 5.74) is 0.0993. The number of likely N-dealkylation sites (N-methyl/N-ethyl adjacent to an activating group) is 1. The van der Waals surface area contributed by atoms with E-state index in [1.165, 1.54) is 0 Å². The molecule has 1 atom stereocenters. The Morgan fingerprint density at radius 3 is 2.58 bits per heavy atom. The number of nitrogens with one attached hydrogen (secondary N) is 1. The average molecular weight is 361 g/mol. The maximum absolute atomic E-state index is 12.7. The van der Waals surface area contributed by atoms with Crippen LogP contribution in [0.25, 0.3) is 0 Å². The number of hydrogen-bond donors (Lipinski definition) is 1. The van der Waals surface area contributed by atoms with Crippen molar-refractivity contribution >= 4 is 12.0 Å². The van der Waals surface area contributed by atoms with Gasteiger partial charge in [-0.2, -0.15) is 0 Å². The number of hydrogen-bond acceptors (Lipinski definition) is 4. The molecule has 6 nitrogen and oxygen atoms in total. The molecule has 1 fully saturated rings. The minimum absolute atomic E-state index is 0.0983. The molecule has 26 heavy (non-hydrogen) atoms. The van der Waals surface area contributed by atoms with E-state index in [2.05, 4.69) is 24.1 Å². The summed E-state index contributed by atoms with van der Waals surface area (Å²) in [6, 6.07) is 9.57. The zero-order chi connectivity index (χ0) is 19.0. The van der Waals surface area contributed by atoms with Crippen LogP contribution in [0.1, 0.15) is 39.2 Å². The van der Waals surface area contributed by atoms with Gasteiger partial charge in [-0.1, -0.05) is 44.2 Å². The van der Waals surface area contributed by atoms with Crippen LogP contribution in [-0.2, 0) is 16.1 Å². The number of ether oxygens (including phenoxy) is 1. The van der Waals surface area contributed by atoms with Gasteiger partial charge >= 0.3 is 6.09 Å². The van der Waals surface area contributed by atoms with Crippen LogP contribution < -0.4 is 5.32 Å². The Balaban J connectivity index is 1.89. The number of nitrogens with zero attached hydrogens (tertiary/aromatic N) is 2. The van der Waals surface area contributed by atoms with Gasteiger partial charge in [-0.05, 0) is 38.4 Å². The standard InChI is InChI=1S/C20H31N3O3/c1-4-22(5-2)15-13-21-18(24)20(3)12-9-14-23(20)19(25)26-16-17-10-7-6-8-11-17/h6-8,10-11H,4-5,9,12-16H2,1-3H3,(H,21,24). The third-order valence-corrected chi connectivity index (χ3v) is 5.16. The molecule has 0 aromatic heterocycles. The lowest BCUT2D eigenvalue weighted by atomic mass is 9.98. The SMILES string of the molecule is CCN(CC)CCNC(=O)C1(C)CCCN1C(=O)OCc1ccccc1. The number of carbonyl (C=O) groups excluding carboxylic acids is 2. The largest absolute Gasteiger partial charge is 0.445 e. The first kappa shape index (κ1) is 20.2. The van der Waals surface area contributed by atoms with Gasteiger partial charge in [0.2, 0.25) is 5.91 Å². The van der Waals surface area contributed by atoms with Crippen LogP contribution in [0, 0.1) is 0 Å². The number of carbonyl (C=O) groups is 2. The number of benzene rings is 1. The first-order valence-corrected chi connectivity index (χ1v) is 9.50. The van der Waals surface area contributed by atoms with Crippen molar-refractivity contribution in [2.75, 3.05) is 32.7 Å². The molecule has 0 spiro atoms. The summed E-state index contributed by atoms with van der Waals surface area (Å²) in [4.78, 5) is 29.1. The van der Waals surface area contributed by atoms with Gasteiger partial charge in [0.1, 0.15) is 12.1 Å². The number of rotatable bonds is 8. The highest BCUT2D eigenvalue weighted by Crippen LogP contribution is 2.30. The molecule has 1 aliphatic rings. The van der Waals surface area contributed by atoms with Crippen LogP contribution in [0.2, 0.25) is 0 Å². The molecule has 6 heteroatoms. The predicted molar refractivity (Wildman–Crippen MR) is 102 cm³/mol. The third-order valence-electron chi connectivity index (χ3n) is 5.16. The molecule has 0 saturated carbocycles. The maximum Gasteiger partial charge on any atom is 0.410 e. The molecular weight excluding hydrogens is 330 g/mol. The molecule has 1 aromatic carbocycles. The molecule has 2 amide bonds. The minimum atomic E-state index is -0.836. The predicted octanol–water partition coefficient (Wildman–Crippen LogP) is 2.64. The molecule has 0 radical (unpaired) electrons. The highest BCUT2D eigenvalue weighted by atomic mass is 16.6. The summed E-state index contributed by atoms with van der Waals surface area (Å²) < 4.78 is 5.43. The van der Waals surface area contributed by atoms with E-state index in [9.17, 15) is 9.59 Å². The first-order valence-electron chi connectivity index (χ1n) is 9.50.